The zero-order valence-corrected chi connectivity index (χ0v) is 9.06. The van der Waals surface area contributed by atoms with E-state index in [9.17, 15) is 0 Å². The van der Waals surface area contributed by atoms with Crippen LogP contribution in [-0.4, -0.2) is 16.7 Å². The van der Waals surface area contributed by atoms with E-state index in [2.05, 4.69) is 18.8 Å². The lowest BCUT2D eigenvalue weighted by Gasteiger charge is -2.20. The highest BCUT2D eigenvalue weighted by molar-refractivity contribution is 5.37. The summed E-state index contributed by atoms with van der Waals surface area (Å²) in [4.78, 5) is 3.50. The lowest BCUT2D eigenvalue weighted by Crippen LogP contribution is -2.17. The Labute approximate surface area is 85.3 Å². The first-order chi connectivity index (χ1) is 6.76. The van der Waals surface area contributed by atoms with E-state index in [1.54, 1.807) is 0 Å². The zero-order valence-electron chi connectivity index (χ0n) is 9.06. The van der Waals surface area contributed by atoms with Gasteiger partial charge in [-0.15, -0.1) is 0 Å². The van der Waals surface area contributed by atoms with Gasteiger partial charge >= 0.3 is 0 Å². The number of H-pyrrole nitrogens is 1. The molecule has 2 nitrogen and oxygen atoms in total. The van der Waals surface area contributed by atoms with E-state index in [-0.39, 0.29) is 0 Å². The van der Waals surface area contributed by atoms with Gasteiger partial charge in [-0.1, -0.05) is 6.92 Å². The molecule has 0 spiro atoms. The second kappa shape index (κ2) is 3.77. The maximum Gasteiger partial charge on any atom is 0.0463 e. The molecule has 1 aromatic heterocycles. The Morgan fingerprint density at radius 2 is 2.29 bits per heavy atom. The highest BCUT2D eigenvalue weighted by atomic mass is 16.3. The monoisotopic (exact) mass is 193 g/mol. The molecule has 1 aromatic rings. The van der Waals surface area contributed by atoms with Crippen LogP contribution in [0.5, 0.6) is 0 Å². The number of aromatic amines is 1. The van der Waals surface area contributed by atoms with Crippen molar-refractivity contribution in [2.75, 3.05) is 6.61 Å². The molecule has 0 saturated heterocycles. The Hall–Kier alpha value is -0.760. The number of rotatable bonds is 2. The Balaban J connectivity index is 2.30. The molecule has 2 N–H and O–H groups in total. The summed E-state index contributed by atoms with van der Waals surface area (Å²) in [7, 11) is 0. The van der Waals surface area contributed by atoms with E-state index < -0.39 is 0 Å². The van der Waals surface area contributed by atoms with Crippen molar-refractivity contribution in [2.24, 2.45) is 5.92 Å². The van der Waals surface area contributed by atoms with Crippen LogP contribution in [0.1, 0.15) is 35.9 Å². The molecule has 0 fully saturated rings. The molecule has 1 aliphatic carbocycles. The number of hydrogen-bond acceptors (Lipinski definition) is 1. The van der Waals surface area contributed by atoms with Gasteiger partial charge in [0, 0.05) is 18.0 Å². The number of fused-ring (bicyclic) bond motifs is 1. The highest BCUT2D eigenvalue weighted by Crippen LogP contribution is 2.29. The van der Waals surface area contributed by atoms with Crippen LogP contribution >= 0.6 is 0 Å². The molecule has 1 heterocycles. The molecular formula is C12H19NO. The SMILES string of the molecule is CCc1[nH]c2c(c1C)CCC(CO)C2. The Morgan fingerprint density at radius 3 is 2.93 bits per heavy atom. The smallest absolute Gasteiger partial charge is 0.0463 e. The number of aryl methyl sites for hydroxylation is 1. The second-order valence-corrected chi connectivity index (χ2v) is 4.33. The van der Waals surface area contributed by atoms with Crippen LogP contribution in [0.3, 0.4) is 0 Å². The molecular weight excluding hydrogens is 174 g/mol. The fourth-order valence-corrected chi connectivity index (χ4v) is 2.52. The maximum absolute atomic E-state index is 9.14. The predicted molar refractivity (Wildman–Crippen MR) is 57.5 cm³/mol. The van der Waals surface area contributed by atoms with E-state index in [1.165, 1.54) is 22.5 Å². The Kier molecular flexibility index (Phi) is 2.64. The van der Waals surface area contributed by atoms with Crippen molar-refractivity contribution in [3.8, 4) is 0 Å². The van der Waals surface area contributed by atoms with Crippen molar-refractivity contribution < 1.29 is 5.11 Å². The quantitative estimate of drug-likeness (QED) is 0.740. The van der Waals surface area contributed by atoms with Gasteiger partial charge in [0.15, 0.2) is 0 Å². The molecule has 78 valence electrons. The number of hydrogen-bond donors (Lipinski definition) is 2. The van der Waals surface area contributed by atoms with Crippen molar-refractivity contribution in [3.63, 3.8) is 0 Å². The summed E-state index contributed by atoms with van der Waals surface area (Å²) in [6.45, 7) is 4.74. The molecule has 0 radical (unpaired) electrons. The van der Waals surface area contributed by atoms with Gasteiger partial charge in [0.05, 0.1) is 0 Å². The maximum atomic E-state index is 9.14. The van der Waals surface area contributed by atoms with E-state index in [1.807, 2.05) is 0 Å². The summed E-state index contributed by atoms with van der Waals surface area (Å²) in [6, 6.07) is 0. The molecule has 0 bridgehead atoms. The molecule has 2 rings (SSSR count). The third-order valence-corrected chi connectivity index (χ3v) is 3.48. The van der Waals surface area contributed by atoms with Gasteiger partial charge in [0.1, 0.15) is 0 Å². The molecule has 14 heavy (non-hydrogen) atoms. The first kappa shape index (κ1) is 9.78. The molecule has 1 aliphatic rings. The molecule has 0 saturated carbocycles. The molecule has 1 atom stereocenters. The van der Waals surface area contributed by atoms with Crippen molar-refractivity contribution in [3.05, 3.63) is 22.5 Å². The predicted octanol–water partition coefficient (Wildman–Crippen LogP) is 1.98. The summed E-state index contributed by atoms with van der Waals surface area (Å²) in [5.74, 6) is 0.477. The third-order valence-electron chi connectivity index (χ3n) is 3.48. The third kappa shape index (κ3) is 1.48. The molecule has 0 aromatic carbocycles. The van der Waals surface area contributed by atoms with Crippen molar-refractivity contribution in [1.82, 2.24) is 4.98 Å². The largest absolute Gasteiger partial charge is 0.396 e. The topological polar surface area (TPSA) is 36.0 Å². The Morgan fingerprint density at radius 1 is 1.50 bits per heavy atom. The van der Waals surface area contributed by atoms with Crippen LogP contribution in [-0.2, 0) is 19.3 Å². The number of aromatic nitrogens is 1. The molecule has 1 unspecified atom stereocenters. The highest BCUT2D eigenvalue weighted by Gasteiger charge is 2.22. The first-order valence-electron chi connectivity index (χ1n) is 5.56. The van der Waals surface area contributed by atoms with Crippen LogP contribution < -0.4 is 0 Å². The molecule has 0 aliphatic heterocycles. The fourth-order valence-electron chi connectivity index (χ4n) is 2.52. The van der Waals surface area contributed by atoms with Gasteiger partial charge in [0.25, 0.3) is 0 Å². The van der Waals surface area contributed by atoms with Crippen LogP contribution in [0.2, 0.25) is 0 Å². The van der Waals surface area contributed by atoms with E-state index in [0.29, 0.717) is 12.5 Å². The van der Waals surface area contributed by atoms with Crippen molar-refractivity contribution in [2.45, 2.75) is 39.5 Å². The van der Waals surface area contributed by atoms with Gasteiger partial charge in [-0.3, -0.25) is 0 Å². The van der Waals surface area contributed by atoms with Crippen LogP contribution in [0.25, 0.3) is 0 Å². The lowest BCUT2D eigenvalue weighted by molar-refractivity contribution is 0.212. The summed E-state index contributed by atoms with van der Waals surface area (Å²) in [6.07, 6.45) is 4.41. The average Bonchev–Trinajstić information content (AvgIpc) is 2.55. The summed E-state index contributed by atoms with van der Waals surface area (Å²) < 4.78 is 0. The van der Waals surface area contributed by atoms with Crippen molar-refractivity contribution in [1.29, 1.82) is 0 Å². The van der Waals surface area contributed by atoms with Crippen molar-refractivity contribution >= 4 is 0 Å². The van der Waals surface area contributed by atoms with Gasteiger partial charge in [-0.25, -0.2) is 0 Å². The minimum absolute atomic E-state index is 0.332. The summed E-state index contributed by atoms with van der Waals surface area (Å²) >= 11 is 0. The minimum atomic E-state index is 0.332. The Bertz CT molecular complexity index is 327. The summed E-state index contributed by atoms with van der Waals surface area (Å²) in [5, 5.41) is 9.14. The van der Waals surface area contributed by atoms with E-state index >= 15 is 0 Å². The van der Waals surface area contributed by atoms with E-state index in [4.69, 9.17) is 5.11 Å². The standard InChI is InChI=1S/C12H19NO/c1-3-11-8(2)10-5-4-9(7-14)6-12(10)13-11/h9,13-14H,3-7H2,1-2H3. The second-order valence-electron chi connectivity index (χ2n) is 4.33. The first-order valence-corrected chi connectivity index (χ1v) is 5.56. The minimum Gasteiger partial charge on any atom is -0.396 e. The van der Waals surface area contributed by atoms with Gasteiger partial charge in [-0.05, 0) is 49.7 Å². The fraction of sp³-hybridized carbons (Fsp3) is 0.667. The average molecular weight is 193 g/mol. The summed E-state index contributed by atoms with van der Waals surface area (Å²) in [5.41, 5.74) is 5.74. The zero-order chi connectivity index (χ0) is 10.1. The van der Waals surface area contributed by atoms with E-state index in [0.717, 1.165) is 25.7 Å². The molecule has 2 heteroatoms. The van der Waals surface area contributed by atoms with Gasteiger partial charge in [-0.2, -0.15) is 0 Å². The van der Waals surface area contributed by atoms with Gasteiger partial charge < -0.3 is 10.1 Å². The number of aliphatic hydroxyl groups excluding tert-OH is 1. The lowest BCUT2D eigenvalue weighted by atomic mass is 9.87. The van der Waals surface area contributed by atoms with Crippen LogP contribution in [0, 0.1) is 12.8 Å². The molecule has 0 amide bonds. The normalized spacial score (nSPS) is 20.9. The van der Waals surface area contributed by atoms with Crippen LogP contribution in [0.4, 0.5) is 0 Å². The van der Waals surface area contributed by atoms with Crippen LogP contribution in [0.15, 0.2) is 0 Å². The van der Waals surface area contributed by atoms with Gasteiger partial charge in [0.2, 0.25) is 0 Å². The number of nitrogens with one attached hydrogen (secondary N) is 1. The number of aliphatic hydroxyl groups is 1.